The van der Waals surface area contributed by atoms with Crippen molar-refractivity contribution < 1.29 is 9.72 Å². The molecule has 1 aromatic heterocycles. The number of carbonyl (C=O) groups is 1. The number of anilines is 1. The Morgan fingerprint density at radius 3 is 2.62 bits per heavy atom. The van der Waals surface area contributed by atoms with Gasteiger partial charge in [0.05, 0.1) is 27.7 Å². The number of likely N-dealkylation sites (N-methyl/N-ethyl adjacent to an activating group) is 1. The second kappa shape index (κ2) is 7.59. The summed E-state index contributed by atoms with van der Waals surface area (Å²) in [6, 6.07) is 13.7. The fourth-order valence-electron chi connectivity index (χ4n) is 2.49. The number of fused-ring (bicyclic) bond motifs is 1. The van der Waals surface area contributed by atoms with E-state index in [4.69, 9.17) is 0 Å². The van der Waals surface area contributed by atoms with Crippen molar-refractivity contribution in [1.82, 2.24) is 9.88 Å². The van der Waals surface area contributed by atoms with Gasteiger partial charge in [-0.2, -0.15) is 0 Å². The van der Waals surface area contributed by atoms with Gasteiger partial charge in [-0.15, -0.1) is 11.3 Å². The molecule has 0 radical (unpaired) electrons. The van der Waals surface area contributed by atoms with Gasteiger partial charge in [0.15, 0.2) is 0 Å². The minimum Gasteiger partial charge on any atom is -0.325 e. The van der Waals surface area contributed by atoms with Crippen molar-refractivity contribution in [3.63, 3.8) is 0 Å². The fraction of sp³-hybridized carbons (Fsp3) is 0.222. The molecule has 0 spiro atoms. The molecule has 0 aliphatic rings. The number of thiazole rings is 1. The number of rotatable bonds is 6. The first-order valence-electron chi connectivity index (χ1n) is 8.04. The molecule has 26 heavy (non-hydrogen) atoms. The summed E-state index contributed by atoms with van der Waals surface area (Å²) < 4.78 is 1.12. The molecule has 8 heteroatoms. The van der Waals surface area contributed by atoms with Gasteiger partial charge in [-0.3, -0.25) is 19.8 Å². The highest BCUT2D eigenvalue weighted by Crippen LogP contribution is 2.28. The maximum Gasteiger partial charge on any atom is 0.269 e. The van der Waals surface area contributed by atoms with Crippen LogP contribution in [0, 0.1) is 10.1 Å². The number of hydrogen-bond donors (Lipinski definition) is 1. The summed E-state index contributed by atoms with van der Waals surface area (Å²) in [6.45, 7) is 2.20. The van der Waals surface area contributed by atoms with Crippen LogP contribution >= 0.6 is 11.3 Å². The number of nitro groups is 1. The topological polar surface area (TPSA) is 88.4 Å². The van der Waals surface area contributed by atoms with E-state index < -0.39 is 4.92 Å². The summed E-state index contributed by atoms with van der Waals surface area (Å²) in [5.41, 5.74) is 1.48. The molecule has 3 rings (SSSR count). The second-order valence-electron chi connectivity index (χ2n) is 5.96. The van der Waals surface area contributed by atoms with Crippen LogP contribution in [0.15, 0.2) is 48.5 Å². The van der Waals surface area contributed by atoms with E-state index in [1.54, 1.807) is 11.3 Å². The van der Waals surface area contributed by atoms with E-state index in [2.05, 4.69) is 10.3 Å². The minimum atomic E-state index is -0.473. The molecule has 0 unspecified atom stereocenters. The number of amides is 1. The van der Waals surface area contributed by atoms with E-state index in [9.17, 15) is 14.9 Å². The van der Waals surface area contributed by atoms with Gasteiger partial charge in [0.2, 0.25) is 5.91 Å². The van der Waals surface area contributed by atoms with Crippen LogP contribution in [-0.4, -0.2) is 34.3 Å². The number of hydrogen-bond acceptors (Lipinski definition) is 6. The lowest BCUT2D eigenvalue weighted by Crippen LogP contribution is -2.32. The van der Waals surface area contributed by atoms with E-state index in [-0.39, 0.29) is 24.2 Å². The van der Waals surface area contributed by atoms with Crippen molar-refractivity contribution in [3.05, 3.63) is 63.7 Å². The van der Waals surface area contributed by atoms with Gasteiger partial charge in [-0.1, -0.05) is 12.1 Å². The fourth-order valence-corrected chi connectivity index (χ4v) is 3.57. The van der Waals surface area contributed by atoms with Crippen LogP contribution in [0.2, 0.25) is 0 Å². The van der Waals surface area contributed by atoms with Crippen LogP contribution in [0.5, 0.6) is 0 Å². The molecule has 134 valence electrons. The van der Waals surface area contributed by atoms with Crippen LogP contribution in [0.4, 0.5) is 11.4 Å². The third-order valence-electron chi connectivity index (χ3n) is 4.08. The van der Waals surface area contributed by atoms with Crippen molar-refractivity contribution in [2.75, 3.05) is 18.9 Å². The van der Waals surface area contributed by atoms with Crippen LogP contribution in [-0.2, 0) is 4.79 Å². The van der Waals surface area contributed by atoms with Crippen molar-refractivity contribution >= 4 is 38.8 Å². The summed E-state index contributed by atoms with van der Waals surface area (Å²) in [6.07, 6.45) is 0. The van der Waals surface area contributed by atoms with Crippen molar-refractivity contribution in [2.24, 2.45) is 0 Å². The maximum absolute atomic E-state index is 12.2. The Balaban J connectivity index is 1.61. The first-order valence-corrected chi connectivity index (χ1v) is 8.85. The van der Waals surface area contributed by atoms with Gasteiger partial charge >= 0.3 is 0 Å². The van der Waals surface area contributed by atoms with Crippen LogP contribution in [0.3, 0.4) is 0 Å². The third-order valence-corrected chi connectivity index (χ3v) is 5.29. The highest BCUT2D eigenvalue weighted by molar-refractivity contribution is 7.18. The molecule has 1 heterocycles. The monoisotopic (exact) mass is 370 g/mol. The highest BCUT2D eigenvalue weighted by atomic mass is 32.1. The molecule has 1 atom stereocenters. The number of carbonyl (C=O) groups excluding carboxylic acids is 1. The molecule has 0 aliphatic carbocycles. The standard InChI is InChI=1S/C18H18N4O3S/c1-12(18-20-15-5-3-4-6-16(15)26-18)21(2)11-17(23)19-13-7-9-14(10-8-13)22(24)25/h3-10,12H,11H2,1-2H3,(H,19,23)/t12-/m1/s1. The molecule has 0 fully saturated rings. The van der Waals surface area contributed by atoms with Crippen molar-refractivity contribution in [3.8, 4) is 0 Å². The number of nitrogens with zero attached hydrogens (tertiary/aromatic N) is 3. The number of nitrogens with one attached hydrogen (secondary N) is 1. The van der Waals surface area contributed by atoms with E-state index in [1.165, 1.54) is 24.3 Å². The zero-order valence-corrected chi connectivity index (χ0v) is 15.2. The van der Waals surface area contributed by atoms with Gasteiger partial charge in [-0.05, 0) is 38.2 Å². The van der Waals surface area contributed by atoms with Crippen molar-refractivity contribution in [1.29, 1.82) is 0 Å². The first kappa shape index (κ1) is 18.0. The Hall–Kier alpha value is -2.84. The maximum atomic E-state index is 12.2. The molecule has 2 aromatic carbocycles. The van der Waals surface area contributed by atoms with E-state index in [0.717, 1.165) is 15.2 Å². The molecule has 0 aliphatic heterocycles. The Morgan fingerprint density at radius 1 is 1.27 bits per heavy atom. The largest absolute Gasteiger partial charge is 0.325 e. The average Bonchev–Trinajstić information content (AvgIpc) is 3.05. The van der Waals surface area contributed by atoms with Crippen LogP contribution in [0.1, 0.15) is 18.0 Å². The Kier molecular flexibility index (Phi) is 5.24. The third kappa shape index (κ3) is 4.04. The summed E-state index contributed by atoms with van der Waals surface area (Å²) in [4.78, 5) is 29.0. The lowest BCUT2D eigenvalue weighted by molar-refractivity contribution is -0.384. The lowest BCUT2D eigenvalue weighted by Gasteiger charge is -2.22. The zero-order chi connectivity index (χ0) is 18.7. The SMILES string of the molecule is C[C@H](c1nc2ccccc2s1)N(C)CC(=O)Nc1ccc([N+](=O)[O-])cc1. The van der Waals surface area contributed by atoms with E-state index in [0.29, 0.717) is 5.69 Å². The molecule has 0 saturated carbocycles. The molecular formula is C18H18N4O3S. The first-order chi connectivity index (χ1) is 12.4. The van der Waals surface area contributed by atoms with Gasteiger partial charge in [0.1, 0.15) is 5.01 Å². The number of benzene rings is 2. The van der Waals surface area contributed by atoms with Crippen LogP contribution in [0.25, 0.3) is 10.2 Å². The Labute approximate surface area is 154 Å². The summed E-state index contributed by atoms with van der Waals surface area (Å²) >= 11 is 1.62. The van der Waals surface area contributed by atoms with Crippen molar-refractivity contribution in [2.45, 2.75) is 13.0 Å². The molecule has 0 bridgehead atoms. The normalized spacial score (nSPS) is 12.3. The summed E-state index contributed by atoms with van der Waals surface area (Å²) in [5.74, 6) is -0.186. The molecule has 1 N–H and O–H groups in total. The van der Waals surface area contributed by atoms with E-state index in [1.807, 2.05) is 43.1 Å². The van der Waals surface area contributed by atoms with Gasteiger partial charge in [0.25, 0.3) is 5.69 Å². The molecule has 1 amide bonds. The number of non-ortho nitro benzene ring substituents is 1. The smallest absolute Gasteiger partial charge is 0.269 e. The van der Waals surface area contributed by atoms with Gasteiger partial charge in [-0.25, -0.2) is 4.98 Å². The van der Waals surface area contributed by atoms with Gasteiger partial charge < -0.3 is 5.32 Å². The summed E-state index contributed by atoms with van der Waals surface area (Å²) in [7, 11) is 1.87. The summed E-state index contributed by atoms with van der Waals surface area (Å²) in [5, 5.41) is 14.4. The molecular weight excluding hydrogens is 352 g/mol. The molecule has 3 aromatic rings. The molecule has 7 nitrogen and oxygen atoms in total. The Morgan fingerprint density at radius 2 is 1.96 bits per heavy atom. The average molecular weight is 370 g/mol. The predicted octanol–water partition coefficient (Wildman–Crippen LogP) is 3.84. The molecule has 0 saturated heterocycles. The Bertz CT molecular complexity index is 906. The predicted molar refractivity (Wildman–Crippen MR) is 102 cm³/mol. The van der Waals surface area contributed by atoms with Gasteiger partial charge in [0, 0.05) is 17.8 Å². The number of para-hydroxylation sites is 1. The van der Waals surface area contributed by atoms with Crippen LogP contribution < -0.4 is 5.32 Å². The minimum absolute atomic E-state index is 0.00462. The number of nitro benzene ring substituents is 1. The highest BCUT2D eigenvalue weighted by Gasteiger charge is 2.18. The zero-order valence-electron chi connectivity index (χ0n) is 14.4. The second-order valence-corrected chi connectivity index (χ2v) is 7.03. The quantitative estimate of drug-likeness (QED) is 0.526. The lowest BCUT2D eigenvalue weighted by atomic mass is 10.2. The number of aromatic nitrogens is 1. The van der Waals surface area contributed by atoms with E-state index >= 15 is 0 Å².